The van der Waals surface area contributed by atoms with Crippen LogP contribution in [0.15, 0.2) is 23.1 Å². The second-order valence-corrected chi connectivity index (χ2v) is 5.29. The van der Waals surface area contributed by atoms with Crippen molar-refractivity contribution in [3.63, 3.8) is 0 Å². The van der Waals surface area contributed by atoms with Crippen molar-refractivity contribution in [3.05, 3.63) is 28.7 Å². The standard InChI is InChI=1S/C14H19F3N2O/c1-2-19-9-12(6-7-13(19)20)18-11-5-3-4-10(8-11)14(15,16)17/h6-7,9-11,18H,2-5,8H2,1H3. The minimum Gasteiger partial charge on any atom is -0.381 e. The molecule has 0 bridgehead atoms. The number of anilines is 1. The first-order valence-corrected chi connectivity index (χ1v) is 6.94. The molecule has 1 aromatic heterocycles. The first kappa shape index (κ1) is 14.9. The Kier molecular flexibility index (Phi) is 4.40. The van der Waals surface area contributed by atoms with Crippen LogP contribution in [0.25, 0.3) is 0 Å². The highest BCUT2D eigenvalue weighted by atomic mass is 19.4. The zero-order chi connectivity index (χ0) is 14.8. The van der Waals surface area contributed by atoms with Crippen molar-refractivity contribution >= 4 is 5.69 Å². The summed E-state index contributed by atoms with van der Waals surface area (Å²) in [5, 5.41) is 3.13. The van der Waals surface area contributed by atoms with Gasteiger partial charge < -0.3 is 9.88 Å². The Bertz CT molecular complexity index is 510. The van der Waals surface area contributed by atoms with Gasteiger partial charge in [0.2, 0.25) is 0 Å². The molecule has 0 radical (unpaired) electrons. The Morgan fingerprint density at radius 2 is 2.10 bits per heavy atom. The van der Waals surface area contributed by atoms with Gasteiger partial charge in [0.25, 0.3) is 5.56 Å². The number of aromatic nitrogens is 1. The number of alkyl halides is 3. The normalized spacial score (nSPS) is 23.6. The molecule has 3 nitrogen and oxygen atoms in total. The van der Waals surface area contributed by atoms with E-state index in [1.54, 1.807) is 12.3 Å². The van der Waals surface area contributed by atoms with E-state index in [4.69, 9.17) is 0 Å². The molecule has 1 N–H and O–H groups in total. The van der Waals surface area contributed by atoms with Crippen molar-refractivity contribution in [2.75, 3.05) is 5.32 Å². The Labute approximate surface area is 115 Å². The summed E-state index contributed by atoms with van der Waals surface area (Å²) in [5.41, 5.74) is 0.606. The summed E-state index contributed by atoms with van der Waals surface area (Å²) in [6.45, 7) is 2.40. The van der Waals surface area contributed by atoms with Gasteiger partial charge in [0.05, 0.1) is 11.6 Å². The fraction of sp³-hybridized carbons (Fsp3) is 0.643. The summed E-state index contributed by atoms with van der Waals surface area (Å²) in [6.07, 6.45) is -0.805. The van der Waals surface area contributed by atoms with Crippen molar-refractivity contribution in [3.8, 4) is 0 Å². The van der Waals surface area contributed by atoms with Crippen LogP contribution >= 0.6 is 0 Å². The van der Waals surface area contributed by atoms with Gasteiger partial charge in [0, 0.05) is 24.8 Å². The fourth-order valence-electron chi connectivity index (χ4n) is 2.72. The van der Waals surface area contributed by atoms with Crippen LogP contribution in [-0.2, 0) is 6.54 Å². The Balaban J connectivity index is 2.04. The lowest BCUT2D eigenvalue weighted by Gasteiger charge is -2.31. The van der Waals surface area contributed by atoms with E-state index in [0.29, 0.717) is 18.7 Å². The SMILES string of the molecule is CCn1cc(NC2CCCC(C(F)(F)F)C2)ccc1=O. The number of pyridine rings is 1. The number of hydrogen-bond donors (Lipinski definition) is 1. The number of halogens is 3. The summed E-state index contributed by atoms with van der Waals surface area (Å²) in [5.74, 6) is -1.22. The van der Waals surface area contributed by atoms with Crippen LogP contribution in [0.1, 0.15) is 32.6 Å². The number of aryl methyl sites for hydroxylation is 1. The highest BCUT2D eigenvalue weighted by Gasteiger charge is 2.42. The molecule has 1 saturated carbocycles. The number of hydrogen-bond acceptors (Lipinski definition) is 2. The second-order valence-electron chi connectivity index (χ2n) is 5.29. The first-order valence-electron chi connectivity index (χ1n) is 6.94. The molecule has 112 valence electrons. The first-order chi connectivity index (χ1) is 9.40. The maximum atomic E-state index is 12.8. The minimum atomic E-state index is -4.11. The van der Waals surface area contributed by atoms with Gasteiger partial charge in [-0.25, -0.2) is 0 Å². The Hall–Kier alpha value is -1.46. The van der Waals surface area contributed by atoms with Gasteiger partial charge in [-0.1, -0.05) is 6.42 Å². The summed E-state index contributed by atoms with van der Waals surface area (Å²) in [6, 6.07) is 2.89. The molecule has 0 spiro atoms. The van der Waals surface area contributed by atoms with Crippen LogP contribution in [0.3, 0.4) is 0 Å². The van der Waals surface area contributed by atoms with Crippen molar-refractivity contribution in [2.45, 2.75) is 51.4 Å². The monoisotopic (exact) mass is 288 g/mol. The smallest absolute Gasteiger partial charge is 0.381 e. The van der Waals surface area contributed by atoms with Gasteiger partial charge >= 0.3 is 6.18 Å². The molecule has 0 aliphatic heterocycles. The van der Waals surface area contributed by atoms with Crippen LogP contribution in [0.4, 0.5) is 18.9 Å². The molecule has 1 aliphatic rings. The molecule has 1 aromatic rings. The molecule has 1 heterocycles. The third-order valence-corrected chi connectivity index (χ3v) is 3.83. The number of nitrogens with zero attached hydrogens (tertiary/aromatic N) is 1. The quantitative estimate of drug-likeness (QED) is 0.925. The van der Waals surface area contributed by atoms with Gasteiger partial charge in [-0.05, 0) is 32.3 Å². The van der Waals surface area contributed by atoms with Crippen molar-refractivity contribution in [2.24, 2.45) is 5.92 Å². The van der Waals surface area contributed by atoms with Crippen LogP contribution < -0.4 is 10.9 Å². The zero-order valence-electron chi connectivity index (χ0n) is 11.4. The second kappa shape index (κ2) is 5.89. The van der Waals surface area contributed by atoms with Gasteiger partial charge in [0.1, 0.15) is 0 Å². The van der Waals surface area contributed by atoms with Crippen LogP contribution in [-0.4, -0.2) is 16.8 Å². The minimum absolute atomic E-state index is 0.102. The predicted molar refractivity (Wildman–Crippen MR) is 71.8 cm³/mol. The van der Waals surface area contributed by atoms with Crippen molar-refractivity contribution in [1.29, 1.82) is 0 Å². The summed E-state index contributed by atoms with van der Waals surface area (Å²) < 4.78 is 39.8. The lowest BCUT2D eigenvalue weighted by molar-refractivity contribution is -0.182. The molecule has 2 rings (SSSR count). The van der Waals surface area contributed by atoms with Crippen LogP contribution in [0.2, 0.25) is 0 Å². The van der Waals surface area contributed by atoms with Gasteiger partial charge in [0.15, 0.2) is 0 Å². The lowest BCUT2D eigenvalue weighted by atomic mass is 9.85. The summed E-state index contributed by atoms with van der Waals surface area (Å²) in [7, 11) is 0. The summed E-state index contributed by atoms with van der Waals surface area (Å²) >= 11 is 0. The van der Waals surface area contributed by atoms with E-state index in [-0.39, 0.29) is 24.4 Å². The van der Waals surface area contributed by atoms with Gasteiger partial charge in [-0.2, -0.15) is 13.2 Å². The molecule has 2 atom stereocenters. The molecule has 6 heteroatoms. The fourth-order valence-corrected chi connectivity index (χ4v) is 2.72. The van der Waals surface area contributed by atoms with E-state index in [9.17, 15) is 18.0 Å². The molecule has 20 heavy (non-hydrogen) atoms. The summed E-state index contributed by atoms with van der Waals surface area (Å²) in [4.78, 5) is 11.5. The molecule has 2 unspecified atom stereocenters. The topological polar surface area (TPSA) is 34.0 Å². The average Bonchev–Trinajstić information content (AvgIpc) is 2.40. The highest BCUT2D eigenvalue weighted by Crippen LogP contribution is 2.38. The third kappa shape index (κ3) is 3.55. The lowest BCUT2D eigenvalue weighted by Crippen LogP contribution is -2.34. The van der Waals surface area contributed by atoms with Crippen LogP contribution in [0, 0.1) is 5.92 Å². The van der Waals surface area contributed by atoms with Crippen molar-refractivity contribution < 1.29 is 13.2 Å². The van der Waals surface area contributed by atoms with E-state index in [0.717, 1.165) is 6.42 Å². The zero-order valence-corrected chi connectivity index (χ0v) is 11.4. The molecule has 1 fully saturated rings. The molecular formula is C14H19F3N2O. The largest absolute Gasteiger partial charge is 0.391 e. The Morgan fingerprint density at radius 1 is 1.35 bits per heavy atom. The molecule has 1 aliphatic carbocycles. The molecular weight excluding hydrogens is 269 g/mol. The van der Waals surface area contributed by atoms with E-state index in [1.165, 1.54) is 10.6 Å². The number of nitrogens with one attached hydrogen (secondary N) is 1. The molecule has 0 amide bonds. The van der Waals surface area contributed by atoms with E-state index in [1.807, 2.05) is 6.92 Å². The third-order valence-electron chi connectivity index (χ3n) is 3.83. The van der Waals surface area contributed by atoms with E-state index < -0.39 is 12.1 Å². The Morgan fingerprint density at radius 3 is 2.75 bits per heavy atom. The maximum Gasteiger partial charge on any atom is 0.391 e. The van der Waals surface area contributed by atoms with E-state index in [2.05, 4.69) is 5.32 Å². The van der Waals surface area contributed by atoms with E-state index >= 15 is 0 Å². The molecule has 0 aromatic carbocycles. The average molecular weight is 288 g/mol. The predicted octanol–water partition coefficient (Wildman–Crippen LogP) is 3.40. The highest BCUT2D eigenvalue weighted by molar-refractivity contribution is 5.41. The molecule has 0 saturated heterocycles. The van der Waals surface area contributed by atoms with Crippen molar-refractivity contribution in [1.82, 2.24) is 4.57 Å². The van der Waals surface area contributed by atoms with Gasteiger partial charge in [-0.15, -0.1) is 0 Å². The number of rotatable bonds is 3. The van der Waals surface area contributed by atoms with Crippen LogP contribution in [0.5, 0.6) is 0 Å². The van der Waals surface area contributed by atoms with Gasteiger partial charge in [-0.3, -0.25) is 4.79 Å². The maximum absolute atomic E-state index is 12.8.